The molecule has 0 amide bonds. The Morgan fingerprint density at radius 3 is 0.990 bits per heavy atom. The molecule has 6 aromatic heterocycles. The van der Waals surface area contributed by atoms with Crippen molar-refractivity contribution in [3.8, 4) is 67.7 Å². The molecule has 12 aromatic rings. The number of carbonyl (C=O) groups excluding carboxylic acids is 3. The number of nitrogens with zero attached hydrogens (tertiary/aromatic N) is 3. The minimum atomic E-state index is -0.125. The van der Waals surface area contributed by atoms with E-state index >= 15 is 0 Å². The molecule has 0 aliphatic heterocycles. The Morgan fingerprint density at radius 2 is 0.712 bits per heavy atom. The molecule has 3 radical (unpaired) electrons. The first kappa shape index (κ1) is 87.4. The topological polar surface area (TPSA) is 190 Å². The van der Waals surface area contributed by atoms with Crippen molar-refractivity contribution in [1.29, 1.82) is 0 Å². The number of aliphatic hydroxyl groups is 3. The van der Waals surface area contributed by atoms with E-state index in [0.29, 0.717) is 34.9 Å². The molecule has 0 fully saturated rings. The number of carbonyl (C=O) groups is 3. The first-order valence-electron chi connectivity index (χ1n) is 33.9. The molecule has 0 aliphatic carbocycles. The molecule has 104 heavy (non-hydrogen) atoms. The number of ketones is 3. The maximum Gasteiger partial charge on any atom is 0.217 e. The van der Waals surface area contributed by atoms with Crippen LogP contribution in [0.2, 0.25) is 0 Å². The Labute approximate surface area is 654 Å². The summed E-state index contributed by atoms with van der Waals surface area (Å²) in [5.74, 6) is 3.80. The van der Waals surface area contributed by atoms with Crippen molar-refractivity contribution in [2.75, 3.05) is 0 Å². The van der Waals surface area contributed by atoms with Gasteiger partial charge in [0.1, 0.15) is 17.3 Å². The van der Waals surface area contributed by atoms with Crippen LogP contribution < -0.4 is 0 Å². The Hall–Kier alpha value is -9.03. The molecule has 0 unspecified atom stereocenters. The average molecular weight is 1930 g/mol. The van der Waals surface area contributed by atoms with Crippen LogP contribution in [0.25, 0.3) is 101 Å². The zero-order valence-corrected chi connectivity index (χ0v) is 69.7. The summed E-state index contributed by atoms with van der Waals surface area (Å²) in [6.07, 6.45) is 3.50. The molecule has 0 saturated carbocycles. The Balaban J connectivity index is 0.000000287. The van der Waals surface area contributed by atoms with E-state index in [0.717, 1.165) is 78.3 Å². The van der Waals surface area contributed by atoms with Gasteiger partial charge in [0.25, 0.3) is 0 Å². The molecule has 6 aromatic carbocycles. The van der Waals surface area contributed by atoms with Gasteiger partial charge in [-0.25, -0.2) is 0 Å². The van der Waals surface area contributed by atoms with E-state index < -0.39 is 0 Å². The minimum Gasteiger partial charge on any atom is -0.512 e. The fourth-order valence-electron chi connectivity index (χ4n) is 10.7. The fraction of sp³-hybridized carbons (Fsp3) is 0.258. The summed E-state index contributed by atoms with van der Waals surface area (Å²) in [5, 5.41) is 28.1. The summed E-state index contributed by atoms with van der Waals surface area (Å²) in [6.45, 7) is 35.4. The molecular formula is C89H94Ir3N3O9-3. The predicted octanol–water partition coefficient (Wildman–Crippen LogP) is 24.0. The minimum absolute atomic E-state index is 0. The summed E-state index contributed by atoms with van der Waals surface area (Å²) in [6, 6.07) is 73.7. The van der Waals surface area contributed by atoms with Gasteiger partial charge in [0, 0.05) is 111 Å². The summed E-state index contributed by atoms with van der Waals surface area (Å²) in [7, 11) is 0. The monoisotopic (exact) mass is 1930 g/mol. The molecule has 0 spiro atoms. The number of pyridine rings is 3. The van der Waals surface area contributed by atoms with Crippen molar-refractivity contribution in [2.45, 2.75) is 153 Å². The van der Waals surface area contributed by atoms with E-state index in [4.69, 9.17) is 38.5 Å². The smallest absolute Gasteiger partial charge is 0.217 e. The summed E-state index contributed by atoms with van der Waals surface area (Å²) >= 11 is 0. The van der Waals surface area contributed by atoms with E-state index in [1.54, 1.807) is 0 Å². The van der Waals surface area contributed by atoms with Crippen molar-refractivity contribution in [3.05, 3.63) is 270 Å². The number of hydrogen-bond acceptors (Lipinski definition) is 12. The van der Waals surface area contributed by atoms with Crippen LogP contribution >= 0.6 is 0 Å². The zero-order valence-electron chi connectivity index (χ0n) is 62.5. The number of hydrogen-bond donors (Lipinski definition) is 3. The number of benzene rings is 6. The van der Waals surface area contributed by atoms with Crippen LogP contribution in [0.15, 0.2) is 237 Å². The van der Waals surface area contributed by atoms with Crippen molar-refractivity contribution in [3.63, 3.8) is 0 Å². The van der Waals surface area contributed by atoms with Gasteiger partial charge >= 0.3 is 0 Å². The summed E-state index contributed by atoms with van der Waals surface area (Å²) < 4.78 is 18.5. The maximum absolute atomic E-state index is 10.0. The Kier molecular flexibility index (Phi) is 33.9. The van der Waals surface area contributed by atoms with Crippen molar-refractivity contribution in [1.82, 2.24) is 15.0 Å². The van der Waals surface area contributed by atoms with Crippen LogP contribution in [-0.2, 0) is 85.5 Å². The van der Waals surface area contributed by atoms with Crippen LogP contribution in [0.3, 0.4) is 0 Å². The number of allylic oxidation sites excluding steroid dienone is 6. The molecule has 0 bridgehead atoms. The molecule has 0 aliphatic rings. The van der Waals surface area contributed by atoms with Crippen molar-refractivity contribution >= 4 is 50.6 Å². The maximum atomic E-state index is 10.0. The first-order valence-corrected chi connectivity index (χ1v) is 33.9. The van der Waals surface area contributed by atoms with Crippen LogP contribution in [0.4, 0.5) is 0 Å². The number of aromatic nitrogens is 3. The fourth-order valence-corrected chi connectivity index (χ4v) is 10.7. The van der Waals surface area contributed by atoms with Gasteiger partial charge in [-0.05, 0) is 145 Å². The quantitative estimate of drug-likeness (QED) is 0.0597. The van der Waals surface area contributed by atoms with Crippen LogP contribution in [0.1, 0.15) is 170 Å². The van der Waals surface area contributed by atoms with Gasteiger partial charge in [-0.15, -0.1) is 108 Å². The van der Waals surface area contributed by atoms with Gasteiger partial charge in [0.05, 0.1) is 17.3 Å². The Morgan fingerprint density at radius 1 is 0.385 bits per heavy atom. The standard InChI is InChI=1S/C27H28NO.C25H24NO.C22H18NO.3C5H8O2.3Ir/c1-26(2,3)21-14-20(15-22(17-21)27(4,5)6)24-16-19-12-13-23(28-25(19)29-24)18-10-8-7-9-11-18;1-16(2)20-11-8-12-21(17(3)4)24(20)23-15-19-13-14-22(26-25(19)27-23)18-9-6-5-7-10-18;1-15(2)16-8-10-18(11-9-16)21-14-19-12-13-20(23-22(19)24-21)17-6-4-3-5-7-17;3*1-4(6)3-5(2)7;;;/h7-10,12-17H,1-6H3;5-9,11-17H,1-4H3;3-6,8-15H,1-2H3;3*3,6H,1-2H3;;;/q3*-1;;;;;;. The number of aliphatic hydroxyl groups excluding tert-OH is 3. The molecule has 12 rings (SSSR count). The number of rotatable bonds is 12. The van der Waals surface area contributed by atoms with E-state index in [1.165, 1.54) is 93.2 Å². The number of furan rings is 3. The Bertz CT molecular complexity index is 4720. The summed E-state index contributed by atoms with van der Waals surface area (Å²) in [4.78, 5) is 44.2. The van der Waals surface area contributed by atoms with E-state index in [2.05, 4.69) is 191 Å². The van der Waals surface area contributed by atoms with Gasteiger partial charge < -0.3 is 28.6 Å². The molecule has 0 atom stereocenters. The molecule has 6 heterocycles. The van der Waals surface area contributed by atoms with Crippen LogP contribution in [0.5, 0.6) is 0 Å². The molecule has 0 saturated heterocycles. The third kappa shape index (κ3) is 26.0. The van der Waals surface area contributed by atoms with Gasteiger partial charge in [-0.2, -0.15) is 0 Å². The van der Waals surface area contributed by atoms with Crippen LogP contribution in [-0.4, -0.2) is 47.6 Å². The number of fused-ring (bicyclic) bond motifs is 3. The third-order valence-electron chi connectivity index (χ3n) is 15.8. The normalized spacial score (nSPS) is 11.4. The van der Waals surface area contributed by atoms with E-state index in [1.807, 2.05) is 103 Å². The zero-order chi connectivity index (χ0) is 73.9. The van der Waals surface area contributed by atoms with Gasteiger partial charge in [0.2, 0.25) is 17.1 Å². The van der Waals surface area contributed by atoms with Crippen molar-refractivity contribution in [2.24, 2.45) is 0 Å². The third-order valence-corrected chi connectivity index (χ3v) is 15.8. The predicted molar refractivity (Wildman–Crippen MR) is 412 cm³/mol. The average Bonchev–Trinajstić information content (AvgIpc) is 1.77. The van der Waals surface area contributed by atoms with Crippen LogP contribution in [0, 0.1) is 18.2 Å². The largest absolute Gasteiger partial charge is 0.512 e. The molecule has 15 heteroatoms. The molecule has 3 N–H and O–H groups in total. The summed E-state index contributed by atoms with van der Waals surface area (Å²) in [5.41, 5.74) is 17.7. The molecule has 549 valence electrons. The second-order valence-corrected chi connectivity index (χ2v) is 27.8. The molecule has 12 nitrogen and oxygen atoms in total. The second kappa shape index (κ2) is 40.3. The second-order valence-electron chi connectivity index (χ2n) is 27.8. The SMILES string of the molecule is CC(=O)C=C(C)O.CC(=O)C=C(C)O.CC(=O)C=C(C)O.CC(C)(C)c1cc(-c2cc3ccc(-c4[c-]cccc4)nc3o2)cc(C(C)(C)C)c1.CC(C)c1ccc(-c2cc3ccc(-c4[c-]cccc4)nc3o2)cc1.CC(C)c1cccc(C(C)C)c1-c1cc2ccc(-c3[c-]cccc3)nc2o1.[Ir].[Ir].[Ir]. The molecular weight excluding hydrogens is 1830 g/mol. The van der Waals surface area contributed by atoms with Gasteiger partial charge in [0.15, 0.2) is 17.3 Å². The van der Waals surface area contributed by atoms with Gasteiger partial charge in [-0.1, -0.05) is 168 Å². The van der Waals surface area contributed by atoms with E-state index in [9.17, 15) is 14.4 Å². The van der Waals surface area contributed by atoms with Crippen molar-refractivity contribution < 1.29 is 103 Å². The van der Waals surface area contributed by atoms with Gasteiger partial charge in [-0.3, -0.25) is 29.3 Å². The first-order chi connectivity index (χ1) is 47.7. The van der Waals surface area contributed by atoms with E-state index in [-0.39, 0.29) is 106 Å².